The van der Waals surface area contributed by atoms with Gasteiger partial charge in [0, 0.05) is 17.3 Å². The molecular weight excluding hydrogens is 234 g/mol. The molecule has 4 nitrogen and oxygen atoms in total. The van der Waals surface area contributed by atoms with Gasteiger partial charge in [-0.15, -0.1) is 11.3 Å². The van der Waals surface area contributed by atoms with Crippen molar-refractivity contribution < 1.29 is 4.52 Å². The van der Waals surface area contributed by atoms with Gasteiger partial charge in [0.25, 0.3) is 5.89 Å². The van der Waals surface area contributed by atoms with Crippen molar-refractivity contribution in [2.24, 2.45) is 0 Å². The first-order chi connectivity index (χ1) is 8.10. The Hall–Kier alpha value is -1.20. The summed E-state index contributed by atoms with van der Waals surface area (Å²) in [5.41, 5.74) is 1.27. The first-order valence-electron chi connectivity index (χ1n) is 5.67. The highest BCUT2D eigenvalue weighted by molar-refractivity contribution is 7.15. The zero-order valence-corrected chi connectivity index (χ0v) is 11.4. The van der Waals surface area contributed by atoms with Crippen molar-refractivity contribution in [3.63, 3.8) is 0 Å². The summed E-state index contributed by atoms with van der Waals surface area (Å²) in [7, 11) is 1.93. The van der Waals surface area contributed by atoms with Gasteiger partial charge in [-0.05, 0) is 39.4 Å². The number of nitrogens with one attached hydrogen (secondary N) is 1. The maximum atomic E-state index is 5.29. The van der Waals surface area contributed by atoms with Gasteiger partial charge >= 0.3 is 0 Å². The first-order valence-corrected chi connectivity index (χ1v) is 6.49. The average molecular weight is 251 g/mol. The molecule has 2 heterocycles. The molecule has 0 amide bonds. The molecule has 17 heavy (non-hydrogen) atoms. The van der Waals surface area contributed by atoms with Gasteiger partial charge in [-0.1, -0.05) is 5.16 Å². The van der Waals surface area contributed by atoms with Crippen molar-refractivity contribution in [2.45, 2.75) is 33.2 Å². The molecule has 2 aromatic rings. The molecule has 0 spiro atoms. The summed E-state index contributed by atoms with van der Waals surface area (Å²) in [6, 6.07) is 2.45. The number of hydrogen-bond acceptors (Lipinski definition) is 5. The largest absolute Gasteiger partial charge is 0.333 e. The molecule has 92 valence electrons. The number of hydrogen-bond donors (Lipinski definition) is 1. The summed E-state index contributed by atoms with van der Waals surface area (Å²) in [6.07, 6.45) is 0.781. The second kappa shape index (κ2) is 4.98. The van der Waals surface area contributed by atoms with Crippen LogP contribution in [0.2, 0.25) is 0 Å². The molecule has 0 aliphatic heterocycles. The second-order valence-electron chi connectivity index (χ2n) is 4.26. The highest BCUT2D eigenvalue weighted by Crippen LogP contribution is 2.29. The van der Waals surface area contributed by atoms with E-state index in [0.717, 1.165) is 17.1 Å². The normalized spacial score (nSPS) is 12.9. The van der Waals surface area contributed by atoms with E-state index in [0.29, 0.717) is 11.9 Å². The third-order valence-electron chi connectivity index (χ3n) is 2.83. The van der Waals surface area contributed by atoms with Gasteiger partial charge in [-0.2, -0.15) is 4.98 Å². The van der Waals surface area contributed by atoms with Gasteiger partial charge in [0.05, 0.1) is 4.88 Å². The Morgan fingerprint density at radius 1 is 1.47 bits per heavy atom. The van der Waals surface area contributed by atoms with Gasteiger partial charge in [0.15, 0.2) is 5.82 Å². The molecule has 0 radical (unpaired) electrons. The van der Waals surface area contributed by atoms with E-state index >= 15 is 0 Å². The minimum Gasteiger partial charge on any atom is -0.333 e. The fourth-order valence-corrected chi connectivity index (χ4v) is 2.45. The van der Waals surface area contributed by atoms with Crippen LogP contribution in [0.5, 0.6) is 0 Å². The molecule has 1 unspecified atom stereocenters. The average Bonchev–Trinajstić information content (AvgIpc) is 2.87. The standard InChI is InChI=1S/C12H17N3OS/c1-7-5-10(17-9(7)3)12-14-11(15-16-12)6-8(2)13-4/h5,8,13H,6H2,1-4H3. The first kappa shape index (κ1) is 12.3. The number of nitrogens with zero attached hydrogens (tertiary/aromatic N) is 2. The van der Waals surface area contributed by atoms with Crippen LogP contribution in [0.15, 0.2) is 10.6 Å². The molecule has 0 fully saturated rings. The molecule has 0 aliphatic rings. The Labute approximate surface area is 105 Å². The van der Waals surface area contributed by atoms with Gasteiger partial charge in [-0.25, -0.2) is 0 Å². The summed E-state index contributed by atoms with van der Waals surface area (Å²) in [6.45, 7) is 6.29. The van der Waals surface area contributed by atoms with Crippen LogP contribution in [-0.2, 0) is 6.42 Å². The molecule has 0 saturated carbocycles. The van der Waals surface area contributed by atoms with E-state index in [-0.39, 0.29) is 0 Å². The van der Waals surface area contributed by atoms with Gasteiger partial charge in [-0.3, -0.25) is 0 Å². The number of thiophene rings is 1. The van der Waals surface area contributed by atoms with Crippen molar-refractivity contribution >= 4 is 11.3 Å². The zero-order chi connectivity index (χ0) is 12.4. The third kappa shape index (κ3) is 2.73. The quantitative estimate of drug-likeness (QED) is 0.907. The SMILES string of the molecule is CNC(C)Cc1noc(-c2cc(C)c(C)s2)n1. The highest BCUT2D eigenvalue weighted by Gasteiger charge is 2.13. The molecule has 1 N–H and O–H groups in total. The summed E-state index contributed by atoms with van der Waals surface area (Å²) in [4.78, 5) is 6.76. The number of aromatic nitrogens is 2. The molecule has 0 aromatic carbocycles. The minimum absolute atomic E-state index is 0.354. The topological polar surface area (TPSA) is 51.0 Å². The lowest BCUT2D eigenvalue weighted by atomic mass is 10.2. The molecule has 0 saturated heterocycles. The predicted octanol–water partition coefficient (Wildman–Crippen LogP) is 2.57. The Kier molecular flexibility index (Phi) is 3.59. The fourth-order valence-electron chi connectivity index (χ4n) is 1.49. The maximum Gasteiger partial charge on any atom is 0.268 e. The summed E-state index contributed by atoms with van der Waals surface area (Å²) in [5.74, 6) is 1.38. The number of rotatable bonds is 4. The van der Waals surface area contributed by atoms with Crippen LogP contribution in [0.1, 0.15) is 23.2 Å². The Bertz CT molecular complexity index is 484. The monoisotopic (exact) mass is 251 g/mol. The van der Waals surface area contributed by atoms with Crippen molar-refractivity contribution in [3.05, 3.63) is 22.3 Å². The van der Waals surface area contributed by atoms with Crippen LogP contribution < -0.4 is 5.32 Å². The van der Waals surface area contributed by atoms with Crippen molar-refractivity contribution in [1.82, 2.24) is 15.5 Å². The second-order valence-corrected chi connectivity index (χ2v) is 5.52. The van der Waals surface area contributed by atoms with Crippen LogP contribution in [0.4, 0.5) is 0 Å². The van der Waals surface area contributed by atoms with E-state index in [1.807, 2.05) is 7.05 Å². The van der Waals surface area contributed by atoms with Gasteiger partial charge in [0.1, 0.15) is 0 Å². The summed E-state index contributed by atoms with van der Waals surface area (Å²) >= 11 is 1.69. The van der Waals surface area contributed by atoms with Gasteiger partial charge in [0.2, 0.25) is 0 Å². The lowest BCUT2D eigenvalue weighted by molar-refractivity contribution is 0.419. The van der Waals surface area contributed by atoms with Crippen LogP contribution in [0.3, 0.4) is 0 Å². The Morgan fingerprint density at radius 2 is 2.24 bits per heavy atom. The lowest BCUT2D eigenvalue weighted by Gasteiger charge is -2.04. The number of likely N-dealkylation sites (N-methyl/N-ethyl adjacent to an activating group) is 1. The van der Waals surface area contributed by atoms with E-state index in [1.165, 1.54) is 10.4 Å². The minimum atomic E-state index is 0.354. The summed E-state index contributed by atoms with van der Waals surface area (Å²) < 4.78 is 5.29. The van der Waals surface area contributed by atoms with E-state index in [2.05, 4.69) is 42.3 Å². The van der Waals surface area contributed by atoms with Crippen LogP contribution >= 0.6 is 11.3 Å². The van der Waals surface area contributed by atoms with E-state index in [1.54, 1.807) is 11.3 Å². The van der Waals surface area contributed by atoms with E-state index in [4.69, 9.17) is 4.52 Å². The summed E-state index contributed by atoms with van der Waals surface area (Å²) in [5, 5.41) is 7.16. The molecule has 0 bridgehead atoms. The predicted molar refractivity (Wildman–Crippen MR) is 69.3 cm³/mol. The van der Waals surface area contributed by atoms with E-state index in [9.17, 15) is 0 Å². The van der Waals surface area contributed by atoms with Crippen molar-refractivity contribution in [1.29, 1.82) is 0 Å². The molecule has 2 rings (SSSR count). The Morgan fingerprint density at radius 3 is 2.82 bits per heavy atom. The zero-order valence-electron chi connectivity index (χ0n) is 10.6. The van der Waals surface area contributed by atoms with Crippen LogP contribution in [0, 0.1) is 13.8 Å². The molecule has 0 aliphatic carbocycles. The number of aryl methyl sites for hydroxylation is 2. The molecular formula is C12H17N3OS. The van der Waals surface area contributed by atoms with Gasteiger partial charge < -0.3 is 9.84 Å². The van der Waals surface area contributed by atoms with Crippen LogP contribution in [0.25, 0.3) is 10.8 Å². The maximum absolute atomic E-state index is 5.29. The highest BCUT2D eigenvalue weighted by atomic mass is 32.1. The smallest absolute Gasteiger partial charge is 0.268 e. The van der Waals surface area contributed by atoms with Crippen molar-refractivity contribution in [2.75, 3.05) is 7.05 Å². The van der Waals surface area contributed by atoms with Crippen molar-refractivity contribution in [3.8, 4) is 10.8 Å². The fraction of sp³-hybridized carbons (Fsp3) is 0.500. The van der Waals surface area contributed by atoms with E-state index < -0.39 is 0 Å². The van der Waals surface area contributed by atoms with Crippen LogP contribution in [-0.4, -0.2) is 23.2 Å². The lowest BCUT2D eigenvalue weighted by Crippen LogP contribution is -2.24. The Balaban J connectivity index is 2.18. The molecule has 1 atom stereocenters. The molecule has 2 aromatic heterocycles. The third-order valence-corrected chi connectivity index (χ3v) is 3.97. The molecule has 5 heteroatoms.